The molecule has 0 saturated heterocycles. The number of allylic oxidation sites excluding steroid dienone is 1. The number of rotatable bonds is 0. The molecule has 3 heteroatoms. The summed E-state index contributed by atoms with van der Waals surface area (Å²) in [4.78, 5) is 7.86. The molecule has 0 bridgehead atoms. The van der Waals surface area contributed by atoms with Gasteiger partial charge >= 0.3 is 0 Å². The smallest absolute Gasteiger partial charge is 0.276 e. The molecule has 1 radical (unpaired) electrons. The Kier molecular flexibility index (Phi) is 0.886. The zero-order valence-corrected chi connectivity index (χ0v) is 4.69. The van der Waals surface area contributed by atoms with Gasteiger partial charge in [0.15, 0.2) is 12.3 Å². The highest BCUT2D eigenvalue weighted by atomic mass is 16.5. The molecule has 0 fully saturated rings. The van der Waals surface area contributed by atoms with Gasteiger partial charge < -0.3 is 4.74 Å². The average molecular weight is 121 g/mol. The van der Waals surface area contributed by atoms with Crippen LogP contribution in [0.4, 0.5) is 0 Å². The van der Waals surface area contributed by atoms with Crippen molar-refractivity contribution in [2.75, 3.05) is 0 Å². The summed E-state index contributed by atoms with van der Waals surface area (Å²) in [7, 11) is 0. The Morgan fingerprint density at radius 3 is 3.44 bits per heavy atom. The van der Waals surface area contributed by atoms with E-state index in [0.717, 1.165) is 0 Å². The Hall–Kier alpha value is -1.12. The lowest BCUT2D eigenvalue weighted by molar-refractivity contribution is 0.252. The zero-order valence-electron chi connectivity index (χ0n) is 4.69. The van der Waals surface area contributed by atoms with E-state index in [0.29, 0.717) is 0 Å². The first-order valence-electron chi connectivity index (χ1n) is 2.77. The van der Waals surface area contributed by atoms with Crippen LogP contribution in [0.3, 0.4) is 0 Å². The summed E-state index contributed by atoms with van der Waals surface area (Å²) in [5.41, 5.74) is 0. The van der Waals surface area contributed by atoms with Crippen LogP contribution in [-0.4, -0.2) is 24.9 Å². The van der Waals surface area contributed by atoms with Crippen molar-refractivity contribution >= 4 is 12.6 Å². The van der Waals surface area contributed by atoms with Gasteiger partial charge in [-0.3, -0.25) is 4.99 Å². The van der Waals surface area contributed by atoms with Crippen molar-refractivity contribution in [3.05, 3.63) is 12.2 Å². The lowest BCUT2D eigenvalue weighted by Gasteiger charge is -2.10. The Morgan fingerprint density at radius 1 is 1.56 bits per heavy atom. The summed E-state index contributed by atoms with van der Waals surface area (Å²) in [5.74, 6) is 0. The van der Waals surface area contributed by atoms with E-state index in [1.54, 1.807) is 6.21 Å². The molecule has 2 rings (SSSR count). The third-order valence-corrected chi connectivity index (χ3v) is 1.29. The van der Waals surface area contributed by atoms with Gasteiger partial charge in [0.05, 0.1) is 0 Å². The number of aliphatic imine (C=N–C) groups is 2. The monoisotopic (exact) mass is 121 g/mol. The highest BCUT2D eigenvalue weighted by Crippen LogP contribution is 2.13. The number of ether oxygens (including phenoxy) is 1. The van der Waals surface area contributed by atoms with Crippen LogP contribution in [0.5, 0.6) is 0 Å². The van der Waals surface area contributed by atoms with Crippen LogP contribution >= 0.6 is 0 Å². The van der Waals surface area contributed by atoms with Crippen LogP contribution in [0, 0.1) is 0 Å². The number of hydrogen-bond acceptors (Lipinski definition) is 3. The molecule has 0 aromatic rings. The van der Waals surface area contributed by atoms with Crippen molar-refractivity contribution in [1.29, 1.82) is 0 Å². The highest BCUT2D eigenvalue weighted by Gasteiger charge is 2.23. The van der Waals surface area contributed by atoms with Crippen LogP contribution in [0.15, 0.2) is 22.1 Å². The molecule has 0 saturated carbocycles. The van der Waals surface area contributed by atoms with Gasteiger partial charge in [-0.25, -0.2) is 4.99 Å². The maximum atomic E-state index is 4.94. The summed E-state index contributed by atoms with van der Waals surface area (Å²) >= 11 is 0. The van der Waals surface area contributed by atoms with Gasteiger partial charge in [0.1, 0.15) is 0 Å². The zero-order chi connectivity index (χ0) is 6.10. The van der Waals surface area contributed by atoms with Crippen molar-refractivity contribution in [3.8, 4) is 0 Å². The molecule has 45 valence electrons. The van der Waals surface area contributed by atoms with E-state index in [2.05, 4.69) is 16.4 Å². The van der Waals surface area contributed by atoms with Crippen LogP contribution in [-0.2, 0) is 4.74 Å². The second-order valence-electron chi connectivity index (χ2n) is 1.90. The van der Waals surface area contributed by atoms with Gasteiger partial charge in [-0.2, -0.15) is 0 Å². The molecule has 9 heavy (non-hydrogen) atoms. The minimum absolute atomic E-state index is 0.00926. The normalized spacial score (nSPS) is 36.4. The second kappa shape index (κ2) is 1.69. The minimum Gasteiger partial charge on any atom is -0.462 e. The van der Waals surface area contributed by atoms with Crippen molar-refractivity contribution in [3.63, 3.8) is 0 Å². The fourth-order valence-corrected chi connectivity index (χ4v) is 0.834. The predicted molar refractivity (Wildman–Crippen MR) is 33.7 cm³/mol. The van der Waals surface area contributed by atoms with Crippen molar-refractivity contribution in [2.24, 2.45) is 9.98 Å². The highest BCUT2D eigenvalue weighted by molar-refractivity contribution is 5.73. The molecule has 2 aliphatic heterocycles. The average Bonchev–Trinajstić information content (AvgIpc) is 2.33. The van der Waals surface area contributed by atoms with Crippen molar-refractivity contribution in [1.82, 2.24) is 0 Å². The number of hydrogen-bond donors (Lipinski definition) is 0. The van der Waals surface area contributed by atoms with Crippen molar-refractivity contribution < 1.29 is 4.74 Å². The van der Waals surface area contributed by atoms with Gasteiger partial charge in [0.25, 0.3) is 6.40 Å². The van der Waals surface area contributed by atoms with Crippen LogP contribution < -0.4 is 0 Å². The molecular formula is C6H5N2O. The molecule has 2 aliphatic rings. The van der Waals surface area contributed by atoms with Gasteiger partial charge in [0, 0.05) is 6.21 Å². The molecule has 0 aromatic carbocycles. The molecule has 3 nitrogen and oxygen atoms in total. The Labute approximate surface area is 52.8 Å². The molecule has 2 atom stereocenters. The van der Waals surface area contributed by atoms with Crippen LogP contribution in [0.2, 0.25) is 0 Å². The third kappa shape index (κ3) is 0.650. The van der Waals surface area contributed by atoms with Crippen LogP contribution in [0.1, 0.15) is 0 Å². The molecule has 0 aromatic heterocycles. The van der Waals surface area contributed by atoms with E-state index < -0.39 is 0 Å². The van der Waals surface area contributed by atoms with Gasteiger partial charge in [-0.15, -0.1) is 0 Å². The topological polar surface area (TPSA) is 34.0 Å². The molecule has 0 N–H and O–H groups in total. The van der Waals surface area contributed by atoms with E-state index in [9.17, 15) is 0 Å². The maximum absolute atomic E-state index is 4.94. The van der Waals surface area contributed by atoms with E-state index in [4.69, 9.17) is 4.74 Å². The van der Waals surface area contributed by atoms with E-state index in [1.165, 1.54) is 0 Å². The first-order chi connectivity index (χ1) is 4.47. The van der Waals surface area contributed by atoms with Crippen LogP contribution in [0.25, 0.3) is 0 Å². The van der Waals surface area contributed by atoms with E-state index >= 15 is 0 Å². The summed E-state index contributed by atoms with van der Waals surface area (Å²) in [6.07, 6.45) is 7.87. The maximum Gasteiger partial charge on any atom is 0.276 e. The summed E-state index contributed by atoms with van der Waals surface area (Å²) < 4.78 is 4.94. The van der Waals surface area contributed by atoms with E-state index in [1.807, 2.05) is 12.2 Å². The largest absolute Gasteiger partial charge is 0.462 e. The summed E-state index contributed by atoms with van der Waals surface area (Å²) in [6.45, 7) is 0. The fourth-order valence-electron chi connectivity index (χ4n) is 0.834. The quantitative estimate of drug-likeness (QED) is 0.452. The molecule has 2 heterocycles. The summed E-state index contributed by atoms with van der Waals surface area (Å²) in [5, 5.41) is 0. The standard InChI is InChI=1S/C6H5N2O/c1-2-5-6(7-3-1)8-4-9-5/h1-3,5-6H. The lowest BCUT2D eigenvalue weighted by atomic mass is 10.2. The molecular weight excluding hydrogens is 116 g/mol. The Balaban J connectivity index is 2.25. The predicted octanol–water partition coefficient (Wildman–Crippen LogP) is 0.257. The Morgan fingerprint density at radius 2 is 2.56 bits per heavy atom. The van der Waals surface area contributed by atoms with E-state index in [-0.39, 0.29) is 12.3 Å². The minimum atomic E-state index is -0.0602. The van der Waals surface area contributed by atoms with Gasteiger partial charge in [0.2, 0.25) is 0 Å². The van der Waals surface area contributed by atoms with Crippen molar-refractivity contribution in [2.45, 2.75) is 12.3 Å². The number of dihydropyridines is 1. The Bertz CT molecular complexity index is 195. The molecule has 0 aliphatic carbocycles. The lowest BCUT2D eigenvalue weighted by Crippen LogP contribution is -2.19. The number of nitrogens with zero attached hydrogens (tertiary/aromatic N) is 2. The fraction of sp³-hybridized carbons (Fsp3) is 0.333. The molecule has 2 unspecified atom stereocenters. The third-order valence-electron chi connectivity index (χ3n) is 1.29. The molecule has 0 spiro atoms. The van der Waals surface area contributed by atoms with Gasteiger partial charge in [-0.1, -0.05) is 0 Å². The first kappa shape index (κ1) is 4.73. The second-order valence-corrected chi connectivity index (χ2v) is 1.90. The molecule has 0 amide bonds. The summed E-state index contributed by atoms with van der Waals surface area (Å²) in [6, 6.07) is 0. The SMILES string of the molecule is [C]1=NC2N=CC=CC2O1. The number of fused-ring (bicyclic) bond motifs is 1. The van der Waals surface area contributed by atoms with Gasteiger partial charge in [-0.05, 0) is 12.2 Å². The first-order valence-corrected chi connectivity index (χ1v) is 2.77.